The van der Waals surface area contributed by atoms with E-state index in [0.717, 1.165) is 22.3 Å². The van der Waals surface area contributed by atoms with Gasteiger partial charge in [0.1, 0.15) is 5.60 Å². The van der Waals surface area contributed by atoms with Crippen molar-refractivity contribution in [3.63, 3.8) is 0 Å². The zero-order valence-electron chi connectivity index (χ0n) is 15.7. The number of aromatic amines is 1. The van der Waals surface area contributed by atoms with Gasteiger partial charge in [0.25, 0.3) is 0 Å². The molecule has 3 rings (SSSR count). The minimum atomic E-state index is -1.10. The minimum absolute atomic E-state index is 0.0801. The zero-order chi connectivity index (χ0) is 18.8. The number of hydrogen-bond acceptors (Lipinski definition) is 3. The highest BCUT2D eigenvalue weighted by Crippen LogP contribution is 2.35. The van der Waals surface area contributed by atoms with Gasteiger partial charge in [0, 0.05) is 11.8 Å². The minimum Gasteiger partial charge on any atom is -0.380 e. The Kier molecular flexibility index (Phi) is 4.99. The fourth-order valence-electron chi connectivity index (χ4n) is 3.26. The highest BCUT2D eigenvalue weighted by Gasteiger charge is 2.31. The molecule has 0 aliphatic rings. The third-order valence-electron chi connectivity index (χ3n) is 4.93. The second-order valence-electron chi connectivity index (χ2n) is 7.79. The van der Waals surface area contributed by atoms with Crippen molar-refractivity contribution in [2.75, 3.05) is 6.54 Å². The summed E-state index contributed by atoms with van der Waals surface area (Å²) in [5.74, 6) is 0. The van der Waals surface area contributed by atoms with Crippen molar-refractivity contribution in [3.8, 4) is 11.1 Å². The molecule has 1 atom stereocenters. The molecule has 1 unspecified atom stereocenters. The zero-order valence-corrected chi connectivity index (χ0v) is 15.7. The van der Waals surface area contributed by atoms with Crippen molar-refractivity contribution in [2.45, 2.75) is 38.2 Å². The van der Waals surface area contributed by atoms with E-state index in [2.05, 4.69) is 43.1 Å². The van der Waals surface area contributed by atoms with Gasteiger partial charge < -0.3 is 10.8 Å². The number of hydrogen-bond donors (Lipinski definition) is 3. The number of rotatable bonds is 5. The first-order valence-corrected chi connectivity index (χ1v) is 8.98. The molecule has 0 aliphatic heterocycles. The van der Waals surface area contributed by atoms with Crippen LogP contribution in [-0.4, -0.2) is 21.8 Å². The smallest absolute Gasteiger partial charge is 0.116 e. The van der Waals surface area contributed by atoms with Crippen molar-refractivity contribution in [2.24, 2.45) is 5.73 Å². The van der Waals surface area contributed by atoms with Gasteiger partial charge in [0.05, 0.1) is 6.20 Å². The number of nitrogens with two attached hydrogens (primary N) is 1. The lowest BCUT2D eigenvalue weighted by Crippen LogP contribution is -2.30. The Hall–Kier alpha value is -2.43. The van der Waals surface area contributed by atoms with Gasteiger partial charge in [-0.05, 0) is 40.6 Å². The molecule has 136 valence electrons. The van der Waals surface area contributed by atoms with E-state index in [9.17, 15) is 5.11 Å². The molecule has 0 saturated heterocycles. The number of nitrogens with zero attached hydrogens (tertiary/aromatic N) is 1. The van der Waals surface area contributed by atoms with Crippen molar-refractivity contribution in [1.29, 1.82) is 0 Å². The van der Waals surface area contributed by atoms with Crippen molar-refractivity contribution in [3.05, 3.63) is 77.6 Å². The number of benzene rings is 2. The van der Waals surface area contributed by atoms with Crippen LogP contribution in [0.5, 0.6) is 0 Å². The van der Waals surface area contributed by atoms with Crippen LogP contribution < -0.4 is 5.73 Å². The fourth-order valence-corrected chi connectivity index (χ4v) is 3.26. The molecule has 4 heteroatoms. The Bertz CT molecular complexity index is 831. The summed E-state index contributed by atoms with van der Waals surface area (Å²) in [6, 6.07) is 16.2. The SMILES string of the molecule is CC(C)(C)c1ccc(C(O)(CCN)c2ccc(-c3cn[nH]c3)cc2)cc1. The normalized spacial score (nSPS) is 14.2. The molecule has 0 amide bonds. The summed E-state index contributed by atoms with van der Waals surface area (Å²) in [5, 5.41) is 18.3. The van der Waals surface area contributed by atoms with E-state index >= 15 is 0 Å². The first-order valence-electron chi connectivity index (χ1n) is 8.98. The highest BCUT2D eigenvalue weighted by atomic mass is 16.3. The number of H-pyrrole nitrogens is 1. The molecule has 0 radical (unpaired) electrons. The summed E-state index contributed by atoms with van der Waals surface area (Å²) in [7, 11) is 0. The number of aromatic nitrogens is 2. The molecule has 1 aromatic heterocycles. The molecule has 0 saturated carbocycles. The standard InChI is InChI=1S/C22H27N3O/c1-21(2,3)18-8-10-20(11-9-18)22(26,12-13-23)19-6-4-16(5-7-19)17-14-24-25-15-17/h4-11,14-15,26H,12-13,23H2,1-3H3,(H,24,25). The molecule has 0 aliphatic carbocycles. The average Bonchev–Trinajstić information content (AvgIpc) is 3.16. The van der Waals surface area contributed by atoms with Crippen LogP contribution in [0.3, 0.4) is 0 Å². The summed E-state index contributed by atoms with van der Waals surface area (Å²) < 4.78 is 0. The van der Waals surface area contributed by atoms with Gasteiger partial charge in [0.2, 0.25) is 0 Å². The molecule has 0 bridgehead atoms. The molecule has 4 N–H and O–H groups in total. The lowest BCUT2D eigenvalue weighted by atomic mass is 9.80. The third kappa shape index (κ3) is 3.57. The largest absolute Gasteiger partial charge is 0.380 e. The molecule has 0 spiro atoms. The molecule has 1 heterocycles. The topological polar surface area (TPSA) is 74.9 Å². The van der Waals surface area contributed by atoms with Gasteiger partial charge in [-0.1, -0.05) is 69.3 Å². The van der Waals surface area contributed by atoms with E-state index in [1.807, 2.05) is 42.6 Å². The number of nitrogens with one attached hydrogen (secondary N) is 1. The first-order chi connectivity index (χ1) is 12.3. The predicted molar refractivity (Wildman–Crippen MR) is 106 cm³/mol. The van der Waals surface area contributed by atoms with E-state index in [0.29, 0.717) is 13.0 Å². The lowest BCUT2D eigenvalue weighted by molar-refractivity contribution is 0.0737. The molecule has 26 heavy (non-hydrogen) atoms. The van der Waals surface area contributed by atoms with Crippen LogP contribution >= 0.6 is 0 Å². The second kappa shape index (κ2) is 7.06. The third-order valence-corrected chi connectivity index (χ3v) is 4.93. The van der Waals surface area contributed by atoms with Gasteiger partial charge in [-0.2, -0.15) is 5.10 Å². The average molecular weight is 349 g/mol. The Balaban J connectivity index is 1.96. The van der Waals surface area contributed by atoms with E-state index in [-0.39, 0.29) is 5.41 Å². The van der Waals surface area contributed by atoms with Crippen LogP contribution in [0.4, 0.5) is 0 Å². The fraction of sp³-hybridized carbons (Fsp3) is 0.318. The van der Waals surface area contributed by atoms with Gasteiger partial charge >= 0.3 is 0 Å². The summed E-state index contributed by atoms with van der Waals surface area (Å²) in [5.41, 5.74) is 9.84. The summed E-state index contributed by atoms with van der Waals surface area (Å²) in [4.78, 5) is 0. The summed E-state index contributed by atoms with van der Waals surface area (Å²) >= 11 is 0. The van der Waals surface area contributed by atoms with Crippen molar-refractivity contribution < 1.29 is 5.11 Å². The maximum absolute atomic E-state index is 11.5. The van der Waals surface area contributed by atoms with Crippen LogP contribution in [-0.2, 0) is 11.0 Å². The molecule has 3 aromatic rings. The maximum atomic E-state index is 11.5. The molecular formula is C22H27N3O. The van der Waals surface area contributed by atoms with Crippen LogP contribution in [0.2, 0.25) is 0 Å². The predicted octanol–water partition coefficient (Wildman–Crippen LogP) is 3.96. The van der Waals surface area contributed by atoms with E-state index in [1.165, 1.54) is 5.56 Å². The molecule has 2 aromatic carbocycles. The maximum Gasteiger partial charge on any atom is 0.116 e. The van der Waals surface area contributed by atoms with Crippen LogP contribution in [0, 0.1) is 0 Å². The van der Waals surface area contributed by atoms with Crippen LogP contribution in [0.15, 0.2) is 60.9 Å². The highest BCUT2D eigenvalue weighted by molar-refractivity contribution is 5.62. The quantitative estimate of drug-likeness (QED) is 0.653. The number of aliphatic hydroxyl groups is 1. The van der Waals surface area contributed by atoms with Gasteiger partial charge in [-0.3, -0.25) is 5.10 Å². The second-order valence-corrected chi connectivity index (χ2v) is 7.79. The summed E-state index contributed by atoms with van der Waals surface area (Å²) in [6.07, 6.45) is 4.10. The Labute approximate surface area is 155 Å². The van der Waals surface area contributed by atoms with Gasteiger partial charge in [-0.25, -0.2) is 0 Å². The van der Waals surface area contributed by atoms with E-state index in [4.69, 9.17) is 5.73 Å². The Morgan fingerprint density at radius 3 is 1.88 bits per heavy atom. The van der Waals surface area contributed by atoms with Crippen molar-refractivity contribution in [1.82, 2.24) is 10.2 Å². The molecule has 0 fully saturated rings. The first kappa shape index (κ1) is 18.4. The van der Waals surface area contributed by atoms with Gasteiger partial charge in [-0.15, -0.1) is 0 Å². The lowest BCUT2D eigenvalue weighted by Gasteiger charge is -2.30. The van der Waals surface area contributed by atoms with E-state index in [1.54, 1.807) is 6.20 Å². The Morgan fingerprint density at radius 1 is 0.885 bits per heavy atom. The Morgan fingerprint density at radius 2 is 1.42 bits per heavy atom. The van der Waals surface area contributed by atoms with E-state index < -0.39 is 5.60 Å². The van der Waals surface area contributed by atoms with Crippen molar-refractivity contribution >= 4 is 0 Å². The molecular weight excluding hydrogens is 322 g/mol. The van der Waals surface area contributed by atoms with Crippen LogP contribution in [0.1, 0.15) is 43.9 Å². The molecule has 4 nitrogen and oxygen atoms in total. The van der Waals surface area contributed by atoms with Gasteiger partial charge in [0.15, 0.2) is 0 Å². The van der Waals surface area contributed by atoms with Crippen LogP contribution in [0.25, 0.3) is 11.1 Å². The monoisotopic (exact) mass is 349 g/mol. The summed E-state index contributed by atoms with van der Waals surface area (Å²) in [6.45, 7) is 6.95.